The Kier molecular flexibility index (Phi) is 3.48. The van der Waals surface area contributed by atoms with Gasteiger partial charge >= 0.3 is 0 Å². The van der Waals surface area contributed by atoms with Crippen molar-refractivity contribution in [2.75, 3.05) is 6.54 Å². The number of nitrogens with zero attached hydrogens (tertiary/aromatic N) is 2. The Morgan fingerprint density at radius 3 is 2.75 bits per heavy atom. The lowest BCUT2D eigenvalue weighted by Gasteiger charge is -2.44. The standard InChI is InChI=1S/C13H20N2O/c1-10(9-14)13(16)15-8-4-6-11-5-2-3-7-12(11)15/h10-12H,2-8H2,1H3/t10?,11-,12-/m1/s1. The zero-order valence-electron chi connectivity index (χ0n) is 9.98. The van der Waals surface area contributed by atoms with Crippen LogP contribution in [0, 0.1) is 23.2 Å². The highest BCUT2D eigenvalue weighted by atomic mass is 16.2. The van der Waals surface area contributed by atoms with E-state index in [1.807, 2.05) is 4.90 Å². The predicted molar refractivity (Wildman–Crippen MR) is 61.5 cm³/mol. The zero-order chi connectivity index (χ0) is 11.5. The van der Waals surface area contributed by atoms with E-state index in [1.165, 1.54) is 25.7 Å². The number of likely N-dealkylation sites (tertiary alicyclic amines) is 1. The Hall–Kier alpha value is -1.04. The van der Waals surface area contributed by atoms with Crippen LogP contribution in [0.2, 0.25) is 0 Å². The lowest BCUT2D eigenvalue weighted by molar-refractivity contribution is -0.139. The molecule has 3 atom stereocenters. The van der Waals surface area contributed by atoms with E-state index >= 15 is 0 Å². The van der Waals surface area contributed by atoms with Crippen molar-refractivity contribution in [3.8, 4) is 6.07 Å². The summed E-state index contributed by atoms with van der Waals surface area (Å²) in [6.45, 7) is 2.58. The molecule has 0 N–H and O–H groups in total. The monoisotopic (exact) mass is 220 g/mol. The molecule has 0 bridgehead atoms. The molecule has 0 spiro atoms. The molecule has 1 saturated carbocycles. The summed E-state index contributed by atoms with van der Waals surface area (Å²) < 4.78 is 0. The molecule has 3 heteroatoms. The van der Waals surface area contributed by atoms with Gasteiger partial charge < -0.3 is 4.90 Å². The predicted octanol–water partition coefficient (Wildman–Crippen LogP) is 2.33. The minimum Gasteiger partial charge on any atom is -0.338 e. The van der Waals surface area contributed by atoms with Gasteiger partial charge in [-0.3, -0.25) is 4.79 Å². The number of carbonyl (C=O) groups excluding carboxylic acids is 1. The van der Waals surface area contributed by atoms with E-state index in [9.17, 15) is 4.79 Å². The van der Waals surface area contributed by atoms with Crippen molar-refractivity contribution >= 4 is 5.91 Å². The summed E-state index contributed by atoms with van der Waals surface area (Å²) in [6, 6.07) is 2.50. The van der Waals surface area contributed by atoms with Gasteiger partial charge in [-0.25, -0.2) is 0 Å². The van der Waals surface area contributed by atoms with Crippen molar-refractivity contribution in [2.24, 2.45) is 11.8 Å². The van der Waals surface area contributed by atoms with Crippen molar-refractivity contribution < 1.29 is 4.79 Å². The van der Waals surface area contributed by atoms with E-state index in [0.29, 0.717) is 12.0 Å². The number of amides is 1. The Morgan fingerprint density at radius 1 is 1.31 bits per heavy atom. The number of piperidine rings is 1. The molecule has 16 heavy (non-hydrogen) atoms. The Bertz CT molecular complexity index is 306. The van der Waals surface area contributed by atoms with Gasteiger partial charge in [-0.2, -0.15) is 5.26 Å². The van der Waals surface area contributed by atoms with Gasteiger partial charge in [0.05, 0.1) is 6.07 Å². The van der Waals surface area contributed by atoms with Gasteiger partial charge in [-0.15, -0.1) is 0 Å². The first-order valence-corrected chi connectivity index (χ1v) is 6.44. The number of rotatable bonds is 1. The Balaban J connectivity index is 2.08. The molecule has 1 aliphatic carbocycles. The summed E-state index contributed by atoms with van der Waals surface area (Å²) in [4.78, 5) is 14.1. The van der Waals surface area contributed by atoms with Crippen molar-refractivity contribution in [1.29, 1.82) is 5.26 Å². The number of nitriles is 1. The molecule has 88 valence electrons. The van der Waals surface area contributed by atoms with Gasteiger partial charge in [0.15, 0.2) is 0 Å². The normalized spacial score (nSPS) is 31.4. The number of fused-ring (bicyclic) bond motifs is 1. The summed E-state index contributed by atoms with van der Waals surface area (Å²) in [7, 11) is 0. The highest BCUT2D eigenvalue weighted by Crippen LogP contribution is 2.35. The molecule has 1 amide bonds. The Labute approximate surface area is 97.4 Å². The highest BCUT2D eigenvalue weighted by Gasteiger charge is 2.36. The van der Waals surface area contributed by atoms with E-state index in [4.69, 9.17) is 5.26 Å². The van der Waals surface area contributed by atoms with Crippen LogP contribution < -0.4 is 0 Å². The van der Waals surface area contributed by atoms with Crippen LogP contribution in [0.25, 0.3) is 0 Å². The lowest BCUT2D eigenvalue weighted by Crippen LogP contribution is -2.51. The van der Waals surface area contributed by atoms with Gasteiger partial charge in [-0.1, -0.05) is 12.8 Å². The fraction of sp³-hybridized carbons (Fsp3) is 0.846. The second kappa shape index (κ2) is 4.86. The van der Waals surface area contributed by atoms with Crippen LogP contribution in [-0.4, -0.2) is 23.4 Å². The zero-order valence-corrected chi connectivity index (χ0v) is 9.98. The molecule has 0 aromatic rings. The average Bonchev–Trinajstić information content (AvgIpc) is 2.36. The maximum absolute atomic E-state index is 12.1. The van der Waals surface area contributed by atoms with Crippen LogP contribution in [0.4, 0.5) is 0 Å². The first-order chi connectivity index (χ1) is 7.74. The highest BCUT2D eigenvalue weighted by molar-refractivity contribution is 5.81. The Morgan fingerprint density at radius 2 is 2.00 bits per heavy atom. The maximum Gasteiger partial charge on any atom is 0.239 e. The molecular formula is C13H20N2O. The van der Waals surface area contributed by atoms with Gasteiger partial charge in [0.1, 0.15) is 5.92 Å². The first kappa shape index (κ1) is 11.4. The molecule has 1 aliphatic heterocycles. The molecular weight excluding hydrogens is 200 g/mol. The first-order valence-electron chi connectivity index (χ1n) is 6.44. The van der Waals surface area contributed by atoms with Crippen molar-refractivity contribution in [1.82, 2.24) is 4.90 Å². The molecule has 3 nitrogen and oxygen atoms in total. The number of carbonyl (C=O) groups is 1. The van der Waals surface area contributed by atoms with Crippen molar-refractivity contribution in [3.05, 3.63) is 0 Å². The van der Waals surface area contributed by atoms with Crippen LogP contribution in [0.5, 0.6) is 0 Å². The summed E-state index contributed by atoms with van der Waals surface area (Å²) >= 11 is 0. The van der Waals surface area contributed by atoms with E-state index in [0.717, 1.165) is 19.4 Å². The van der Waals surface area contributed by atoms with E-state index < -0.39 is 5.92 Å². The van der Waals surface area contributed by atoms with E-state index in [1.54, 1.807) is 6.92 Å². The van der Waals surface area contributed by atoms with Crippen molar-refractivity contribution in [2.45, 2.75) is 51.5 Å². The molecule has 1 saturated heterocycles. The van der Waals surface area contributed by atoms with E-state index in [2.05, 4.69) is 6.07 Å². The number of hydrogen-bond acceptors (Lipinski definition) is 2. The smallest absolute Gasteiger partial charge is 0.239 e. The minimum atomic E-state index is -0.472. The average molecular weight is 220 g/mol. The second-order valence-electron chi connectivity index (χ2n) is 5.14. The van der Waals surface area contributed by atoms with Crippen LogP contribution in [0.1, 0.15) is 45.4 Å². The fourth-order valence-corrected chi connectivity index (χ4v) is 3.20. The van der Waals surface area contributed by atoms with Gasteiger partial charge in [-0.05, 0) is 38.5 Å². The van der Waals surface area contributed by atoms with Gasteiger partial charge in [0.25, 0.3) is 0 Å². The number of hydrogen-bond donors (Lipinski definition) is 0. The van der Waals surface area contributed by atoms with E-state index in [-0.39, 0.29) is 5.91 Å². The fourth-order valence-electron chi connectivity index (χ4n) is 3.20. The second-order valence-corrected chi connectivity index (χ2v) is 5.14. The van der Waals surface area contributed by atoms with Crippen LogP contribution in [0.15, 0.2) is 0 Å². The summed E-state index contributed by atoms with van der Waals surface area (Å²) in [5, 5.41) is 8.83. The van der Waals surface area contributed by atoms with Gasteiger partial charge in [0.2, 0.25) is 5.91 Å². The van der Waals surface area contributed by atoms with Crippen molar-refractivity contribution in [3.63, 3.8) is 0 Å². The quantitative estimate of drug-likeness (QED) is 0.680. The lowest BCUT2D eigenvalue weighted by atomic mass is 9.78. The van der Waals surface area contributed by atoms with Gasteiger partial charge in [0, 0.05) is 12.6 Å². The maximum atomic E-state index is 12.1. The molecule has 1 heterocycles. The van der Waals surface area contributed by atoms with Crippen LogP contribution in [0.3, 0.4) is 0 Å². The molecule has 2 aliphatic rings. The largest absolute Gasteiger partial charge is 0.338 e. The third kappa shape index (κ3) is 2.07. The molecule has 0 aromatic carbocycles. The summed E-state index contributed by atoms with van der Waals surface area (Å²) in [5.74, 6) is 0.289. The third-order valence-corrected chi connectivity index (χ3v) is 4.09. The minimum absolute atomic E-state index is 0.0547. The molecule has 0 radical (unpaired) electrons. The molecule has 2 fully saturated rings. The van der Waals surface area contributed by atoms with Crippen LogP contribution >= 0.6 is 0 Å². The summed E-state index contributed by atoms with van der Waals surface area (Å²) in [5.41, 5.74) is 0. The molecule has 2 rings (SSSR count). The third-order valence-electron chi connectivity index (χ3n) is 4.09. The SMILES string of the molecule is CC(C#N)C(=O)N1CCC[C@H]2CCCC[C@H]21. The van der Waals surface area contributed by atoms with Crippen LogP contribution in [-0.2, 0) is 4.79 Å². The molecule has 1 unspecified atom stereocenters. The summed E-state index contributed by atoms with van der Waals surface area (Å²) in [6.07, 6.45) is 7.37. The molecule has 0 aromatic heterocycles. The topological polar surface area (TPSA) is 44.1 Å².